The minimum atomic E-state index is 0.392. The van der Waals surface area contributed by atoms with Crippen LogP contribution in [-0.2, 0) is 19.5 Å². The zero-order valence-corrected chi connectivity index (χ0v) is 15.2. The molecule has 2 aromatic carbocycles. The monoisotopic (exact) mass is 357 g/mol. The largest absolute Gasteiger partial charge is 0.380 e. The Morgan fingerprint density at radius 3 is 2.52 bits per heavy atom. The van der Waals surface area contributed by atoms with E-state index in [2.05, 4.69) is 69.0 Å². The number of hydrogen-bond donors (Lipinski definition) is 2. The molecular weight excluding hydrogens is 334 g/mol. The molecule has 0 saturated carbocycles. The second kappa shape index (κ2) is 6.91. The minimum absolute atomic E-state index is 0.392. The summed E-state index contributed by atoms with van der Waals surface area (Å²) in [4.78, 5) is 11.5. The van der Waals surface area contributed by atoms with Crippen LogP contribution in [0, 0.1) is 0 Å². The summed E-state index contributed by atoms with van der Waals surface area (Å²) in [5.41, 5.74) is 5.42. The molecule has 5 nitrogen and oxygen atoms in total. The summed E-state index contributed by atoms with van der Waals surface area (Å²) < 4.78 is 0. The van der Waals surface area contributed by atoms with Crippen LogP contribution in [0.2, 0.25) is 0 Å². The first kappa shape index (κ1) is 16.1. The molecule has 3 aromatic rings. The predicted molar refractivity (Wildman–Crippen MR) is 109 cm³/mol. The van der Waals surface area contributed by atoms with Gasteiger partial charge >= 0.3 is 0 Å². The molecule has 27 heavy (non-hydrogen) atoms. The molecule has 2 aliphatic heterocycles. The number of rotatable bonds is 4. The van der Waals surface area contributed by atoms with E-state index in [1.54, 1.807) is 0 Å². The first-order valence-corrected chi connectivity index (χ1v) is 9.58. The Morgan fingerprint density at radius 2 is 1.70 bits per heavy atom. The highest BCUT2D eigenvalue weighted by Crippen LogP contribution is 2.27. The van der Waals surface area contributed by atoms with Gasteiger partial charge in [0.2, 0.25) is 5.95 Å². The number of fused-ring (bicyclic) bond motifs is 2. The number of nitrogens with zero attached hydrogens (tertiary/aromatic N) is 3. The summed E-state index contributed by atoms with van der Waals surface area (Å²) in [5.74, 6) is 1.68. The molecule has 1 atom stereocenters. The fourth-order valence-electron chi connectivity index (χ4n) is 3.97. The Bertz CT molecular complexity index is 930. The second-order valence-corrected chi connectivity index (χ2v) is 7.28. The van der Waals surface area contributed by atoms with Crippen LogP contribution in [0.1, 0.15) is 23.1 Å². The molecule has 2 N–H and O–H groups in total. The van der Waals surface area contributed by atoms with Crippen molar-refractivity contribution < 1.29 is 0 Å². The van der Waals surface area contributed by atoms with Crippen molar-refractivity contribution in [3.05, 3.63) is 77.5 Å². The number of aryl methyl sites for hydroxylation is 1. The lowest BCUT2D eigenvalue weighted by Crippen LogP contribution is -2.32. The molecular formula is C22H23N5. The Hall–Kier alpha value is -3.08. The van der Waals surface area contributed by atoms with Gasteiger partial charge in [0.15, 0.2) is 0 Å². The van der Waals surface area contributed by atoms with Gasteiger partial charge in [-0.1, -0.05) is 42.5 Å². The topological polar surface area (TPSA) is 53.1 Å². The van der Waals surface area contributed by atoms with E-state index in [-0.39, 0.29) is 0 Å². The van der Waals surface area contributed by atoms with Crippen LogP contribution in [0.5, 0.6) is 0 Å². The average Bonchev–Trinajstić information content (AvgIpc) is 3.17. The van der Waals surface area contributed by atoms with Gasteiger partial charge in [0.25, 0.3) is 0 Å². The molecule has 0 radical (unpaired) electrons. The number of nitrogens with one attached hydrogen (secondary N) is 2. The van der Waals surface area contributed by atoms with Crippen LogP contribution in [0.4, 0.5) is 17.5 Å². The highest BCUT2D eigenvalue weighted by molar-refractivity contribution is 5.54. The van der Waals surface area contributed by atoms with E-state index in [4.69, 9.17) is 4.98 Å². The summed E-state index contributed by atoms with van der Waals surface area (Å²) in [6, 6.07) is 19.5. The van der Waals surface area contributed by atoms with E-state index in [1.807, 2.05) is 12.3 Å². The molecule has 0 bridgehead atoms. The Balaban J connectivity index is 1.23. The minimum Gasteiger partial charge on any atom is -0.380 e. The predicted octanol–water partition coefficient (Wildman–Crippen LogP) is 3.84. The first-order valence-electron chi connectivity index (χ1n) is 9.58. The molecule has 5 heteroatoms. The maximum atomic E-state index is 4.74. The van der Waals surface area contributed by atoms with Crippen molar-refractivity contribution in [2.75, 3.05) is 22.1 Å². The van der Waals surface area contributed by atoms with Crippen LogP contribution >= 0.6 is 0 Å². The first-order chi connectivity index (χ1) is 13.3. The van der Waals surface area contributed by atoms with Crippen molar-refractivity contribution in [1.29, 1.82) is 0 Å². The zero-order chi connectivity index (χ0) is 18.1. The molecule has 5 rings (SSSR count). The lowest BCUT2D eigenvalue weighted by atomic mass is 9.98. The zero-order valence-electron chi connectivity index (χ0n) is 15.2. The number of anilines is 3. The van der Waals surface area contributed by atoms with Gasteiger partial charge in [-0.2, -0.15) is 4.98 Å². The molecule has 136 valence electrons. The summed E-state index contributed by atoms with van der Waals surface area (Å²) in [6.07, 6.45) is 4.07. The Labute approximate surface area is 159 Å². The van der Waals surface area contributed by atoms with E-state index >= 15 is 0 Å². The van der Waals surface area contributed by atoms with E-state index in [1.165, 1.54) is 22.4 Å². The molecule has 0 saturated heterocycles. The van der Waals surface area contributed by atoms with Gasteiger partial charge in [-0.15, -0.1) is 0 Å². The fourth-order valence-corrected chi connectivity index (χ4v) is 3.97. The van der Waals surface area contributed by atoms with Crippen LogP contribution in [0.25, 0.3) is 0 Å². The SMILES string of the molecule is c1ccc2c(c1)CN(c1ccnc(NCC3CCc4ccccc4N3)n1)C2. The van der Waals surface area contributed by atoms with E-state index in [0.29, 0.717) is 12.0 Å². The molecule has 1 aromatic heterocycles. The van der Waals surface area contributed by atoms with Crippen molar-refractivity contribution in [3.8, 4) is 0 Å². The lowest BCUT2D eigenvalue weighted by Gasteiger charge is -2.27. The standard InChI is InChI=1S/C22H23N5/c1-2-7-18-15-27(14-17(18)6-1)21-11-12-23-22(26-21)24-13-19-10-9-16-5-3-4-8-20(16)25-19/h1-8,11-12,19,25H,9-10,13-15H2,(H,23,24,26). The molecule has 0 fully saturated rings. The Morgan fingerprint density at radius 1 is 0.963 bits per heavy atom. The van der Waals surface area contributed by atoms with Gasteiger partial charge in [0.1, 0.15) is 5.82 Å². The van der Waals surface area contributed by atoms with Gasteiger partial charge in [-0.25, -0.2) is 4.98 Å². The molecule has 2 aliphatic rings. The second-order valence-electron chi connectivity index (χ2n) is 7.28. The van der Waals surface area contributed by atoms with Crippen molar-refractivity contribution in [2.24, 2.45) is 0 Å². The maximum absolute atomic E-state index is 4.74. The fraction of sp³-hybridized carbons (Fsp3) is 0.273. The van der Waals surface area contributed by atoms with E-state index in [0.717, 1.165) is 38.3 Å². The van der Waals surface area contributed by atoms with Crippen LogP contribution < -0.4 is 15.5 Å². The summed E-state index contributed by atoms with van der Waals surface area (Å²) in [6.45, 7) is 2.64. The summed E-state index contributed by atoms with van der Waals surface area (Å²) >= 11 is 0. The average molecular weight is 357 g/mol. The smallest absolute Gasteiger partial charge is 0.224 e. The summed E-state index contributed by atoms with van der Waals surface area (Å²) in [5, 5.41) is 7.04. The lowest BCUT2D eigenvalue weighted by molar-refractivity contribution is 0.652. The normalized spacial score (nSPS) is 17.8. The molecule has 1 unspecified atom stereocenters. The van der Waals surface area contributed by atoms with Gasteiger partial charge < -0.3 is 15.5 Å². The van der Waals surface area contributed by atoms with Crippen LogP contribution in [-0.4, -0.2) is 22.6 Å². The van der Waals surface area contributed by atoms with E-state index in [9.17, 15) is 0 Å². The van der Waals surface area contributed by atoms with Crippen LogP contribution in [0.15, 0.2) is 60.8 Å². The van der Waals surface area contributed by atoms with Gasteiger partial charge in [0.05, 0.1) is 0 Å². The van der Waals surface area contributed by atoms with Crippen molar-refractivity contribution in [1.82, 2.24) is 9.97 Å². The third kappa shape index (κ3) is 3.33. The van der Waals surface area contributed by atoms with E-state index < -0.39 is 0 Å². The van der Waals surface area contributed by atoms with Crippen molar-refractivity contribution in [3.63, 3.8) is 0 Å². The quantitative estimate of drug-likeness (QED) is 0.743. The Kier molecular flexibility index (Phi) is 4.13. The number of aromatic nitrogens is 2. The van der Waals surface area contributed by atoms with Gasteiger partial charge in [0, 0.05) is 37.6 Å². The number of benzene rings is 2. The number of para-hydroxylation sites is 1. The third-order valence-electron chi connectivity index (χ3n) is 5.45. The number of hydrogen-bond acceptors (Lipinski definition) is 5. The summed E-state index contributed by atoms with van der Waals surface area (Å²) in [7, 11) is 0. The van der Waals surface area contributed by atoms with Crippen molar-refractivity contribution in [2.45, 2.75) is 32.0 Å². The molecule has 0 spiro atoms. The maximum Gasteiger partial charge on any atom is 0.224 e. The van der Waals surface area contributed by atoms with Crippen molar-refractivity contribution >= 4 is 17.5 Å². The molecule has 0 amide bonds. The molecule has 0 aliphatic carbocycles. The van der Waals surface area contributed by atoms with Gasteiger partial charge in [-0.3, -0.25) is 0 Å². The highest BCUT2D eigenvalue weighted by Gasteiger charge is 2.20. The highest BCUT2D eigenvalue weighted by atomic mass is 15.2. The van der Waals surface area contributed by atoms with Crippen LogP contribution in [0.3, 0.4) is 0 Å². The molecule has 3 heterocycles. The van der Waals surface area contributed by atoms with Gasteiger partial charge in [-0.05, 0) is 41.7 Å². The third-order valence-corrected chi connectivity index (χ3v) is 5.45.